The first-order valence-corrected chi connectivity index (χ1v) is 6.38. The summed E-state index contributed by atoms with van der Waals surface area (Å²) in [5.74, 6) is 0.831. The van der Waals surface area contributed by atoms with Crippen LogP contribution >= 0.6 is 27.5 Å². The third-order valence-electron chi connectivity index (χ3n) is 2.27. The number of halogens is 2. The largest absolute Gasteiger partial charge is 0.357 e. The summed E-state index contributed by atoms with van der Waals surface area (Å²) in [5, 5.41) is 6.08. The van der Waals surface area contributed by atoms with Crippen LogP contribution in [0.4, 0.5) is 17.6 Å². The SMILES string of the molecule is CNc1nc(Cl)nc(Nc2ccc(Br)cc2C)n1. The van der Waals surface area contributed by atoms with Gasteiger partial charge in [0.25, 0.3) is 0 Å². The van der Waals surface area contributed by atoms with Crippen molar-refractivity contribution in [2.75, 3.05) is 17.7 Å². The molecule has 1 heterocycles. The molecule has 0 aliphatic carbocycles. The van der Waals surface area contributed by atoms with E-state index in [0.29, 0.717) is 11.9 Å². The van der Waals surface area contributed by atoms with Crippen LogP contribution in [0.25, 0.3) is 0 Å². The number of aromatic nitrogens is 3. The zero-order valence-electron chi connectivity index (χ0n) is 9.83. The van der Waals surface area contributed by atoms with Crippen molar-refractivity contribution < 1.29 is 0 Å². The number of aryl methyl sites for hydroxylation is 1. The third-order valence-corrected chi connectivity index (χ3v) is 2.93. The Hall–Kier alpha value is -1.40. The second-order valence-corrected chi connectivity index (χ2v) is 4.84. The molecule has 0 amide bonds. The van der Waals surface area contributed by atoms with Crippen molar-refractivity contribution in [3.63, 3.8) is 0 Å². The monoisotopic (exact) mass is 327 g/mol. The van der Waals surface area contributed by atoms with Crippen molar-refractivity contribution in [2.24, 2.45) is 0 Å². The summed E-state index contributed by atoms with van der Waals surface area (Å²) in [7, 11) is 1.72. The highest BCUT2D eigenvalue weighted by molar-refractivity contribution is 9.10. The van der Waals surface area contributed by atoms with Gasteiger partial charge in [-0.05, 0) is 42.3 Å². The highest BCUT2D eigenvalue weighted by Gasteiger charge is 2.05. The van der Waals surface area contributed by atoms with E-state index in [9.17, 15) is 0 Å². The molecule has 2 aromatic rings. The van der Waals surface area contributed by atoms with Crippen molar-refractivity contribution >= 4 is 45.1 Å². The quantitative estimate of drug-likeness (QED) is 0.904. The Kier molecular flexibility index (Phi) is 3.98. The number of rotatable bonds is 3. The number of anilines is 3. The average molecular weight is 329 g/mol. The number of benzene rings is 1. The molecule has 0 radical (unpaired) electrons. The maximum absolute atomic E-state index is 5.81. The molecule has 0 unspecified atom stereocenters. The van der Waals surface area contributed by atoms with Crippen molar-refractivity contribution in [2.45, 2.75) is 6.92 Å². The van der Waals surface area contributed by atoms with Gasteiger partial charge in [-0.1, -0.05) is 15.9 Å². The lowest BCUT2D eigenvalue weighted by atomic mass is 10.2. The molecule has 5 nitrogen and oxygen atoms in total. The van der Waals surface area contributed by atoms with E-state index in [1.807, 2.05) is 25.1 Å². The lowest BCUT2D eigenvalue weighted by Crippen LogP contribution is -2.04. The van der Waals surface area contributed by atoms with Gasteiger partial charge in [-0.15, -0.1) is 0 Å². The molecular formula is C11H11BrClN5. The fraction of sp³-hybridized carbons (Fsp3) is 0.182. The molecular weight excluding hydrogens is 318 g/mol. The summed E-state index contributed by atoms with van der Waals surface area (Å²) in [5.41, 5.74) is 1.99. The Morgan fingerprint density at radius 2 is 1.89 bits per heavy atom. The lowest BCUT2D eigenvalue weighted by Gasteiger charge is -2.09. The van der Waals surface area contributed by atoms with Crippen LogP contribution in [-0.4, -0.2) is 22.0 Å². The van der Waals surface area contributed by atoms with E-state index in [1.165, 1.54) is 0 Å². The van der Waals surface area contributed by atoms with Gasteiger partial charge in [0, 0.05) is 17.2 Å². The normalized spacial score (nSPS) is 10.2. The molecule has 94 valence electrons. The molecule has 0 fully saturated rings. The van der Waals surface area contributed by atoms with E-state index in [1.54, 1.807) is 7.05 Å². The predicted octanol–water partition coefficient (Wildman–Crippen LogP) is 3.38. The van der Waals surface area contributed by atoms with Gasteiger partial charge in [-0.3, -0.25) is 0 Å². The second kappa shape index (κ2) is 5.49. The standard InChI is InChI=1S/C11H11BrClN5/c1-6-5-7(12)3-4-8(6)15-11-17-9(13)16-10(14-2)18-11/h3-5H,1-2H3,(H2,14,15,16,17,18). The van der Waals surface area contributed by atoms with Crippen LogP contribution in [0.15, 0.2) is 22.7 Å². The second-order valence-electron chi connectivity index (χ2n) is 3.59. The van der Waals surface area contributed by atoms with Crippen LogP contribution in [-0.2, 0) is 0 Å². The molecule has 0 aliphatic heterocycles. The highest BCUT2D eigenvalue weighted by atomic mass is 79.9. The Morgan fingerprint density at radius 1 is 1.17 bits per heavy atom. The maximum atomic E-state index is 5.81. The van der Waals surface area contributed by atoms with Crippen LogP contribution in [0.3, 0.4) is 0 Å². The summed E-state index contributed by atoms with van der Waals surface area (Å²) in [4.78, 5) is 12.1. The molecule has 2 N–H and O–H groups in total. The third kappa shape index (κ3) is 3.08. The van der Waals surface area contributed by atoms with Crippen molar-refractivity contribution in [3.05, 3.63) is 33.5 Å². The Balaban J connectivity index is 2.30. The summed E-state index contributed by atoms with van der Waals surface area (Å²) >= 11 is 9.23. The topological polar surface area (TPSA) is 62.7 Å². The van der Waals surface area contributed by atoms with Gasteiger partial charge in [0.2, 0.25) is 17.2 Å². The van der Waals surface area contributed by atoms with Gasteiger partial charge >= 0.3 is 0 Å². The number of hydrogen-bond donors (Lipinski definition) is 2. The molecule has 0 saturated heterocycles. The first kappa shape index (κ1) is 13.0. The molecule has 1 aromatic carbocycles. The summed E-state index contributed by atoms with van der Waals surface area (Å²) in [6, 6.07) is 5.89. The Bertz CT molecular complexity index is 575. The van der Waals surface area contributed by atoms with Crippen molar-refractivity contribution in [1.29, 1.82) is 0 Å². The summed E-state index contributed by atoms with van der Waals surface area (Å²) < 4.78 is 1.02. The van der Waals surface area contributed by atoms with Crippen LogP contribution in [0.1, 0.15) is 5.56 Å². The number of nitrogens with one attached hydrogen (secondary N) is 2. The molecule has 0 atom stereocenters. The Morgan fingerprint density at radius 3 is 2.56 bits per heavy atom. The van der Waals surface area contributed by atoms with Gasteiger partial charge < -0.3 is 10.6 Å². The first-order valence-electron chi connectivity index (χ1n) is 5.21. The van der Waals surface area contributed by atoms with E-state index >= 15 is 0 Å². The number of hydrogen-bond acceptors (Lipinski definition) is 5. The minimum absolute atomic E-state index is 0.145. The molecule has 0 aliphatic rings. The molecule has 7 heteroatoms. The van der Waals surface area contributed by atoms with Crippen molar-refractivity contribution in [3.8, 4) is 0 Å². The molecule has 2 rings (SSSR count). The maximum Gasteiger partial charge on any atom is 0.233 e. The van der Waals surface area contributed by atoms with Crippen molar-refractivity contribution in [1.82, 2.24) is 15.0 Å². The van der Waals surface area contributed by atoms with Crippen LogP contribution in [0, 0.1) is 6.92 Å². The van der Waals surface area contributed by atoms with Gasteiger partial charge in [-0.2, -0.15) is 15.0 Å². The number of nitrogens with zero attached hydrogens (tertiary/aromatic N) is 3. The van der Waals surface area contributed by atoms with Gasteiger partial charge in [0.15, 0.2) is 0 Å². The van der Waals surface area contributed by atoms with E-state index in [2.05, 4.69) is 41.5 Å². The lowest BCUT2D eigenvalue weighted by molar-refractivity contribution is 1.05. The van der Waals surface area contributed by atoms with E-state index in [0.717, 1.165) is 15.7 Å². The summed E-state index contributed by atoms with van der Waals surface area (Å²) in [6.45, 7) is 1.99. The van der Waals surface area contributed by atoms with Gasteiger partial charge in [0.05, 0.1) is 0 Å². The van der Waals surface area contributed by atoms with E-state index in [4.69, 9.17) is 11.6 Å². The highest BCUT2D eigenvalue weighted by Crippen LogP contribution is 2.23. The minimum atomic E-state index is 0.145. The van der Waals surface area contributed by atoms with Gasteiger partial charge in [0.1, 0.15) is 0 Å². The smallest absolute Gasteiger partial charge is 0.233 e. The van der Waals surface area contributed by atoms with Crippen LogP contribution in [0.5, 0.6) is 0 Å². The molecule has 0 bridgehead atoms. The minimum Gasteiger partial charge on any atom is -0.357 e. The molecule has 1 aromatic heterocycles. The average Bonchev–Trinajstić information content (AvgIpc) is 2.32. The summed E-state index contributed by atoms with van der Waals surface area (Å²) in [6.07, 6.45) is 0. The van der Waals surface area contributed by atoms with E-state index in [-0.39, 0.29) is 5.28 Å². The van der Waals surface area contributed by atoms with E-state index < -0.39 is 0 Å². The molecule has 0 spiro atoms. The first-order chi connectivity index (χ1) is 8.58. The van der Waals surface area contributed by atoms with Crippen LogP contribution < -0.4 is 10.6 Å². The fourth-order valence-corrected chi connectivity index (χ4v) is 2.04. The predicted molar refractivity (Wildman–Crippen MR) is 76.5 cm³/mol. The zero-order valence-corrected chi connectivity index (χ0v) is 12.2. The molecule has 0 saturated carbocycles. The molecule has 18 heavy (non-hydrogen) atoms. The van der Waals surface area contributed by atoms with Gasteiger partial charge in [-0.25, -0.2) is 0 Å². The zero-order chi connectivity index (χ0) is 13.1. The van der Waals surface area contributed by atoms with Crippen LogP contribution in [0.2, 0.25) is 5.28 Å². The Labute approximate surface area is 118 Å². The fourth-order valence-electron chi connectivity index (χ4n) is 1.41.